The van der Waals surface area contributed by atoms with Gasteiger partial charge in [0.1, 0.15) is 11.9 Å². The largest absolute Gasteiger partial charge is 0.394 e. The highest BCUT2D eigenvalue weighted by atomic mass is 16.2. The van der Waals surface area contributed by atoms with Crippen molar-refractivity contribution in [2.45, 2.75) is 46.2 Å². The molecule has 1 aromatic heterocycles. The van der Waals surface area contributed by atoms with Crippen molar-refractivity contribution in [2.75, 3.05) is 11.1 Å². The molecule has 1 heterocycles. The molecule has 0 saturated heterocycles. The average molecular weight is 253 g/mol. The third-order valence-corrected chi connectivity index (χ3v) is 2.51. The van der Waals surface area contributed by atoms with E-state index in [0.29, 0.717) is 11.5 Å². The Labute approximate surface area is 108 Å². The summed E-state index contributed by atoms with van der Waals surface area (Å²) in [6, 6.07) is -0.374. The van der Waals surface area contributed by atoms with Crippen LogP contribution in [0.15, 0.2) is 0 Å². The molecule has 0 spiro atoms. The van der Waals surface area contributed by atoms with Gasteiger partial charge in [-0.3, -0.25) is 9.48 Å². The summed E-state index contributed by atoms with van der Waals surface area (Å²) in [5.41, 5.74) is 6.98. The van der Waals surface area contributed by atoms with Crippen LogP contribution in [0.4, 0.5) is 11.5 Å². The Morgan fingerprint density at radius 1 is 1.44 bits per heavy atom. The van der Waals surface area contributed by atoms with E-state index in [2.05, 4.69) is 15.7 Å². The van der Waals surface area contributed by atoms with E-state index >= 15 is 0 Å². The van der Waals surface area contributed by atoms with Gasteiger partial charge in [0, 0.05) is 12.6 Å². The number of nitrogens with zero attached hydrogens (tertiary/aromatic N) is 2. The minimum Gasteiger partial charge on any atom is -0.394 e. The van der Waals surface area contributed by atoms with Crippen LogP contribution in [0.3, 0.4) is 0 Å². The van der Waals surface area contributed by atoms with Gasteiger partial charge in [0.2, 0.25) is 5.91 Å². The van der Waals surface area contributed by atoms with E-state index in [1.807, 2.05) is 27.7 Å². The first-order chi connectivity index (χ1) is 8.11. The highest BCUT2D eigenvalue weighted by molar-refractivity contribution is 5.85. The number of nitrogens with one attached hydrogen (secondary N) is 2. The minimum atomic E-state index is -0.374. The van der Waals surface area contributed by atoms with Crippen LogP contribution in [0.1, 0.15) is 33.4 Å². The maximum absolute atomic E-state index is 11.9. The molecule has 1 aromatic rings. The van der Waals surface area contributed by atoms with Crippen molar-refractivity contribution >= 4 is 17.4 Å². The molecule has 1 amide bonds. The molecule has 0 aromatic carbocycles. The van der Waals surface area contributed by atoms with E-state index in [0.717, 1.165) is 5.69 Å². The number of nitrogens with two attached hydrogens (primary N) is 1. The van der Waals surface area contributed by atoms with Gasteiger partial charge >= 0.3 is 0 Å². The molecule has 0 aliphatic carbocycles. The van der Waals surface area contributed by atoms with Crippen LogP contribution in [-0.2, 0) is 11.8 Å². The van der Waals surface area contributed by atoms with Gasteiger partial charge in [-0.15, -0.1) is 0 Å². The second kappa shape index (κ2) is 4.88. The normalized spacial score (nSPS) is 13.2. The molecule has 0 aliphatic rings. The number of carbonyl (C=O) groups excluding carboxylic acids is 1. The number of aromatic nitrogens is 2. The lowest BCUT2D eigenvalue weighted by atomic mass is 10.1. The standard InChI is InChI=1S/C12H23N5O/c1-7-9(13)10(17(6)16-7)14-8(2)11(18)15-12(3,4)5/h8,14H,13H2,1-6H3,(H,15,18). The molecule has 0 bridgehead atoms. The Morgan fingerprint density at radius 3 is 2.39 bits per heavy atom. The van der Waals surface area contributed by atoms with Gasteiger partial charge in [0.15, 0.2) is 0 Å². The van der Waals surface area contributed by atoms with Crippen molar-refractivity contribution in [1.82, 2.24) is 15.1 Å². The van der Waals surface area contributed by atoms with Crippen molar-refractivity contribution in [3.63, 3.8) is 0 Å². The van der Waals surface area contributed by atoms with Crippen LogP contribution < -0.4 is 16.4 Å². The molecule has 102 valence electrons. The lowest BCUT2D eigenvalue weighted by Gasteiger charge is -2.24. The Bertz CT molecular complexity index is 444. The number of anilines is 2. The topological polar surface area (TPSA) is 85.0 Å². The lowest BCUT2D eigenvalue weighted by molar-refractivity contribution is -0.122. The zero-order valence-electron chi connectivity index (χ0n) is 12.0. The number of hydrogen-bond donors (Lipinski definition) is 3. The first kappa shape index (κ1) is 14.3. The van der Waals surface area contributed by atoms with E-state index in [1.54, 1.807) is 18.7 Å². The van der Waals surface area contributed by atoms with Gasteiger partial charge in [0.25, 0.3) is 0 Å². The number of rotatable bonds is 3. The van der Waals surface area contributed by atoms with E-state index in [4.69, 9.17) is 5.73 Å². The maximum Gasteiger partial charge on any atom is 0.242 e. The molecule has 0 fully saturated rings. The second-order valence-corrected chi connectivity index (χ2v) is 5.58. The fourth-order valence-electron chi connectivity index (χ4n) is 1.59. The van der Waals surface area contributed by atoms with Gasteiger partial charge in [0.05, 0.1) is 11.4 Å². The number of amides is 1. The monoisotopic (exact) mass is 253 g/mol. The summed E-state index contributed by atoms with van der Waals surface area (Å²) < 4.78 is 1.64. The first-order valence-corrected chi connectivity index (χ1v) is 5.99. The zero-order chi connectivity index (χ0) is 14.1. The summed E-state index contributed by atoms with van der Waals surface area (Å²) in [6.07, 6.45) is 0. The maximum atomic E-state index is 11.9. The molecule has 6 heteroatoms. The zero-order valence-corrected chi connectivity index (χ0v) is 12.0. The summed E-state index contributed by atoms with van der Waals surface area (Å²) >= 11 is 0. The van der Waals surface area contributed by atoms with Crippen molar-refractivity contribution in [3.05, 3.63) is 5.69 Å². The van der Waals surface area contributed by atoms with Crippen LogP contribution in [0, 0.1) is 6.92 Å². The highest BCUT2D eigenvalue weighted by Gasteiger charge is 2.21. The van der Waals surface area contributed by atoms with Crippen molar-refractivity contribution < 1.29 is 4.79 Å². The molecule has 1 atom stereocenters. The molecular formula is C12H23N5O. The predicted molar refractivity (Wildman–Crippen MR) is 73.3 cm³/mol. The molecule has 1 unspecified atom stereocenters. The molecular weight excluding hydrogens is 230 g/mol. The van der Waals surface area contributed by atoms with Crippen LogP contribution in [0.2, 0.25) is 0 Å². The Morgan fingerprint density at radius 2 is 2.00 bits per heavy atom. The van der Waals surface area contributed by atoms with Crippen LogP contribution in [-0.4, -0.2) is 27.3 Å². The molecule has 1 rings (SSSR count). The van der Waals surface area contributed by atoms with E-state index < -0.39 is 0 Å². The SMILES string of the molecule is Cc1nn(C)c(NC(C)C(=O)NC(C)(C)C)c1N. The molecule has 0 saturated carbocycles. The third kappa shape index (κ3) is 3.38. The van der Waals surface area contributed by atoms with Crippen molar-refractivity contribution in [3.8, 4) is 0 Å². The average Bonchev–Trinajstić information content (AvgIpc) is 2.42. The molecule has 0 radical (unpaired) electrons. The number of aryl methyl sites for hydroxylation is 2. The fraction of sp³-hybridized carbons (Fsp3) is 0.667. The van der Waals surface area contributed by atoms with Crippen LogP contribution >= 0.6 is 0 Å². The summed E-state index contributed by atoms with van der Waals surface area (Å²) in [7, 11) is 1.79. The summed E-state index contributed by atoms with van der Waals surface area (Å²) in [5.74, 6) is 0.602. The van der Waals surface area contributed by atoms with Crippen LogP contribution in [0.5, 0.6) is 0 Å². The van der Waals surface area contributed by atoms with Gasteiger partial charge in [-0.1, -0.05) is 0 Å². The van der Waals surface area contributed by atoms with Gasteiger partial charge in [-0.2, -0.15) is 5.10 Å². The van der Waals surface area contributed by atoms with E-state index in [1.165, 1.54) is 0 Å². The minimum absolute atomic E-state index is 0.0687. The molecule has 0 aliphatic heterocycles. The predicted octanol–water partition coefficient (Wildman–Crippen LogP) is 1.03. The smallest absolute Gasteiger partial charge is 0.242 e. The van der Waals surface area contributed by atoms with Gasteiger partial charge in [-0.25, -0.2) is 0 Å². The first-order valence-electron chi connectivity index (χ1n) is 5.99. The van der Waals surface area contributed by atoms with Crippen molar-refractivity contribution in [1.29, 1.82) is 0 Å². The van der Waals surface area contributed by atoms with Gasteiger partial charge in [-0.05, 0) is 34.6 Å². The highest BCUT2D eigenvalue weighted by Crippen LogP contribution is 2.21. The van der Waals surface area contributed by atoms with Gasteiger partial charge < -0.3 is 16.4 Å². The molecule has 6 nitrogen and oxygen atoms in total. The number of hydrogen-bond acceptors (Lipinski definition) is 4. The quantitative estimate of drug-likeness (QED) is 0.751. The number of nitrogen functional groups attached to an aromatic ring is 1. The lowest BCUT2D eigenvalue weighted by Crippen LogP contribution is -2.47. The third-order valence-electron chi connectivity index (χ3n) is 2.51. The van der Waals surface area contributed by atoms with E-state index in [-0.39, 0.29) is 17.5 Å². The summed E-state index contributed by atoms with van der Waals surface area (Å²) in [4.78, 5) is 11.9. The Balaban J connectivity index is 2.76. The van der Waals surface area contributed by atoms with E-state index in [9.17, 15) is 4.79 Å². The molecule has 18 heavy (non-hydrogen) atoms. The van der Waals surface area contributed by atoms with Crippen molar-refractivity contribution in [2.24, 2.45) is 7.05 Å². The summed E-state index contributed by atoms with van der Waals surface area (Å²) in [5, 5.41) is 10.2. The Hall–Kier alpha value is -1.72. The summed E-state index contributed by atoms with van der Waals surface area (Å²) in [6.45, 7) is 9.46. The fourth-order valence-corrected chi connectivity index (χ4v) is 1.59. The molecule has 4 N–H and O–H groups in total. The Kier molecular flexibility index (Phi) is 3.88. The second-order valence-electron chi connectivity index (χ2n) is 5.58. The number of carbonyl (C=O) groups is 1. The van der Waals surface area contributed by atoms with Crippen LogP contribution in [0.25, 0.3) is 0 Å².